The van der Waals surface area contributed by atoms with Gasteiger partial charge in [0.25, 0.3) is 5.91 Å². The van der Waals surface area contributed by atoms with E-state index in [1.165, 1.54) is 19.3 Å². The number of halogens is 2. The molecule has 1 aromatic rings. The van der Waals surface area contributed by atoms with E-state index in [1.54, 1.807) is 0 Å². The number of piperidine rings is 1. The number of carbonyl (C=O) groups is 1. The molecule has 0 aromatic heterocycles. The highest BCUT2D eigenvalue weighted by Crippen LogP contribution is 2.19. The van der Waals surface area contributed by atoms with E-state index < -0.39 is 0 Å². The van der Waals surface area contributed by atoms with Crippen LogP contribution in [0.25, 0.3) is 0 Å². The molecule has 0 spiro atoms. The van der Waals surface area contributed by atoms with Crippen molar-refractivity contribution >= 4 is 44.4 Å². The number of hydrogen-bond acceptors (Lipinski definition) is 2. The van der Waals surface area contributed by atoms with Crippen molar-refractivity contribution in [1.82, 2.24) is 10.2 Å². The number of likely N-dealkylation sites (tertiary alicyclic amines) is 1. The highest BCUT2D eigenvalue weighted by atomic mass is 127. The lowest BCUT2D eigenvalue weighted by Crippen LogP contribution is -2.44. The Morgan fingerprint density at radius 1 is 1.40 bits per heavy atom. The molecule has 1 aliphatic rings. The van der Waals surface area contributed by atoms with Crippen LogP contribution in [0, 0.1) is 3.57 Å². The molecule has 1 heterocycles. The number of benzene rings is 1. The van der Waals surface area contributed by atoms with Crippen LogP contribution in [0.4, 0.5) is 0 Å². The lowest BCUT2D eigenvalue weighted by Gasteiger charge is -2.32. The van der Waals surface area contributed by atoms with Crippen LogP contribution < -0.4 is 5.32 Å². The summed E-state index contributed by atoms with van der Waals surface area (Å²) in [5.41, 5.74) is 0.711. The fourth-order valence-electron chi connectivity index (χ4n) is 2.50. The first kappa shape index (κ1) is 16.2. The Kier molecular flexibility index (Phi) is 6.29. The Morgan fingerprint density at radius 3 is 2.80 bits per heavy atom. The molecular formula is C15H20BrIN2O. The Hall–Kier alpha value is -0.140. The molecule has 1 amide bonds. The fraction of sp³-hybridized carbons (Fsp3) is 0.533. The molecule has 1 N–H and O–H groups in total. The normalized spacial score (nSPS) is 17.8. The average molecular weight is 451 g/mol. The molecule has 1 aliphatic heterocycles. The third-order valence-corrected chi connectivity index (χ3v) is 5.11. The standard InChI is InChI=1S/C15H20BrIN2O/c1-11(19-7-3-2-4-8-19)10-18-15(20)13-9-12(17)5-6-14(13)16/h5-6,9,11H,2-4,7-8,10H2,1H3,(H,18,20). The third-order valence-electron chi connectivity index (χ3n) is 3.75. The lowest BCUT2D eigenvalue weighted by molar-refractivity contribution is 0.0929. The highest BCUT2D eigenvalue weighted by Gasteiger charge is 2.18. The van der Waals surface area contributed by atoms with E-state index in [0.717, 1.165) is 21.1 Å². The summed E-state index contributed by atoms with van der Waals surface area (Å²) in [5.74, 6) is -0.000694. The molecule has 0 radical (unpaired) electrons. The second kappa shape index (κ2) is 7.75. The van der Waals surface area contributed by atoms with E-state index in [9.17, 15) is 4.79 Å². The van der Waals surface area contributed by atoms with Gasteiger partial charge in [0.2, 0.25) is 0 Å². The smallest absolute Gasteiger partial charge is 0.252 e. The van der Waals surface area contributed by atoms with Crippen molar-refractivity contribution < 1.29 is 4.79 Å². The molecule has 0 saturated carbocycles. The summed E-state index contributed by atoms with van der Waals surface area (Å²) in [7, 11) is 0. The lowest BCUT2D eigenvalue weighted by atomic mass is 10.1. The zero-order chi connectivity index (χ0) is 14.5. The van der Waals surface area contributed by atoms with Crippen LogP contribution in [0.2, 0.25) is 0 Å². The minimum absolute atomic E-state index is 0.000694. The van der Waals surface area contributed by atoms with E-state index in [-0.39, 0.29) is 5.91 Å². The van der Waals surface area contributed by atoms with E-state index in [1.807, 2.05) is 18.2 Å². The monoisotopic (exact) mass is 450 g/mol. The molecule has 20 heavy (non-hydrogen) atoms. The van der Waals surface area contributed by atoms with Crippen molar-refractivity contribution in [3.8, 4) is 0 Å². The molecule has 1 aromatic carbocycles. The number of amides is 1. The van der Waals surface area contributed by atoms with Gasteiger partial charge in [0.15, 0.2) is 0 Å². The Labute approximate surface area is 142 Å². The first-order chi connectivity index (χ1) is 9.58. The SMILES string of the molecule is CC(CNC(=O)c1cc(I)ccc1Br)N1CCCCC1. The topological polar surface area (TPSA) is 32.3 Å². The van der Waals surface area contributed by atoms with Gasteiger partial charge >= 0.3 is 0 Å². The highest BCUT2D eigenvalue weighted by molar-refractivity contribution is 14.1. The first-order valence-corrected chi connectivity index (χ1v) is 8.92. The summed E-state index contributed by atoms with van der Waals surface area (Å²) in [4.78, 5) is 14.7. The molecule has 2 rings (SSSR count). The number of rotatable bonds is 4. The molecule has 1 fully saturated rings. The zero-order valence-electron chi connectivity index (χ0n) is 11.7. The number of hydrogen-bond donors (Lipinski definition) is 1. The predicted molar refractivity (Wildman–Crippen MR) is 94.1 cm³/mol. The second-order valence-corrected chi connectivity index (χ2v) is 7.38. The summed E-state index contributed by atoms with van der Waals surface area (Å²) < 4.78 is 1.92. The molecule has 3 nitrogen and oxygen atoms in total. The van der Waals surface area contributed by atoms with Crippen LogP contribution >= 0.6 is 38.5 Å². The molecule has 0 bridgehead atoms. The molecule has 1 unspecified atom stereocenters. The molecule has 1 atom stereocenters. The van der Waals surface area contributed by atoms with E-state index in [2.05, 4.69) is 55.7 Å². The summed E-state index contributed by atoms with van der Waals surface area (Å²) >= 11 is 5.66. The van der Waals surface area contributed by atoms with Crippen molar-refractivity contribution in [2.24, 2.45) is 0 Å². The van der Waals surface area contributed by atoms with E-state index >= 15 is 0 Å². The van der Waals surface area contributed by atoms with Crippen LogP contribution in [-0.2, 0) is 0 Å². The molecule has 5 heteroatoms. The predicted octanol–water partition coefficient (Wildman–Crippen LogP) is 3.66. The quantitative estimate of drug-likeness (QED) is 0.710. The van der Waals surface area contributed by atoms with Gasteiger partial charge in [0.05, 0.1) is 5.56 Å². The van der Waals surface area contributed by atoms with Crippen molar-refractivity contribution in [2.75, 3.05) is 19.6 Å². The minimum atomic E-state index is -0.000694. The maximum atomic E-state index is 12.2. The third kappa shape index (κ3) is 4.43. The number of nitrogens with one attached hydrogen (secondary N) is 1. The van der Waals surface area contributed by atoms with Gasteiger partial charge in [-0.05, 0) is 89.6 Å². The second-order valence-electron chi connectivity index (χ2n) is 5.28. The van der Waals surface area contributed by atoms with E-state index in [4.69, 9.17) is 0 Å². The number of carbonyl (C=O) groups excluding carboxylic acids is 1. The van der Waals surface area contributed by atoms with Crippen molar-refractivity contribution in [1.29, 1.82) is 0 Å². The van der Waals surface area contributed by atoms with Crippen LogP contribution in [-0.4, -0.2) is 36.5 Å². The van der Waals surface area contributed by atoms with Gasteiger partial charge in [-0.2, -0.15) is 0 Å². The van der Waals surface area contributed by atoms with Crippen molar-refractivity contribution in [2.45, 2.75) is 32.2 Å². The largest absolute Gasteiger partial charge is 0.350 e. The zero-order valence-corrected chi connectivity index (χ0v) is 15.4. The first-order valence-electron chi connectivity index (χ1n) is 7.05. The average Bonchev–Trinajstić information content (AvgIpc) is 2.47. The van der Waals surface area contributed by atoms with Gasteiger partial charge in [-0.15, -0.1) is 0 Å². The maximum Gasteiger partial charge on any atom is 0.252 e. The molecule has 0 aliphatic carbocycles. The summed E-state index contributed by atoms with van der Waals surface area (Å²) in [6.07, 6.45) is 3.90. The Morgan fingerprint density at radius 2 is 2.10 bits per heavy atom. The van der Waals surface area contributed by atoms with Crippen LogP contribution in [0.3, 0.4) is 0 Å². The van der Waals surface area contributed by atoms with Gasteiger partial charge in [-0.25, -0.2) is 0 Å². The van der Waals surface area contributed by atoms with Gasteiger partial charge in [-0.1, -0.05) is 6.42 Å². The van der Waals surface area contributed by atoms with Crippen LogP contribution in [0.1, 0.15) is 36.5 Å². The van der Waals surface area contributed by atoms with Gasteiger partial charge in [0.1, 0.15) is 0 Å². The van der Waals surface area contributed by atoms with Crippen molar-refractivity contribution in [3.63, 3.8) is 0 Å². The number of nitrogens with zero attached hydrogens (tertiary/aromatic N) is 1. The summed E-state index contributed by atoms with van der Waals surface area (Å²) in [6.45, 7) is 5.21. The summed E-state index contributed by atoms with van der Waals surface area (Å²) in [6, 6.07) is 6.22. The minimum Gasteiger partial charge on any atom is -0.350 e. The molecular weight excluding hydrogens is 431 g/mol. The van der Waals surface area contributed by atoms with Crippen LogP contribution in [0.5, 0.6) is 0 Å². The Bertz CT molecular complexity index is 475. The fourth-order valence-corrected chi connectivity index (χ4v) is 3.41. The molecule has 1 saturated heterocycles. The summed E-state index contributed by atoms with van der Waals surface area (Å²) in [5, 5.41) is 3.05. The maximum absolute atomic E-state index is 12.2. The van der Waals surface area contributed by atoms with Gasteiger partial charge in [-0.3, -0.25) is 9.69 Å². The molecule has 110 valence electrons. The van der Waals surface area contributed by atoms with Crippen LogP contribution in [0.15, 0.2) is 22.7 Å². The van der Waals surface area contributed by atoms with E-state index in [0.29, 0.717) is 18.2 Å². The van der Waals surface area contributed by atoms with Gasteiger partial charge in [0, 0.05) is 20.6 Å². The van der Waals surface area contributed by atoms with Crippen molar-refractivity contribution in [3.05, 3.63) is 31.8 Å². The Balaban J connectivity index is 1.89. The van der Waals surface area contributed by atoms with Gasteiger partial charge < -0.3 is 5.32 Å².